The first-order valence-corrected chi connectivity index (χ1v) is 6.34. The summed E-state index contributed by atoms with van der Waals surface area (Å²) >= 11 is 0. The minimum atomic E-state index is -0.856. The lowest BCUT2D eigenvalue weighted by molar-refractivity contribution is 0.00578. The first kappa shape index (κ1) is 15.0. The van der Waals surface area contributed by atoms with E-state index in [1.54, 1.807) is 0 Å². The Bertz CT molecular complexity index is 532. The van der Waals surface area contributed by atoms with Gasteiger partial charge in [-0.15, -0.1) is 0 Å². The highest BCUT2D eigenvalue weighted by Gasteiger charge is 2.52. The minimum absolute atomic E-state index is 0.185. The lowest BCUT2D eigenvalue weighted by Crippen LogP contribution is -2.41. The minimum Gasteiger partial charge on any atom is -0.399 e. The standard InChI is InChI=1S/C13H18BFN2O3/c1-12(2)13(3,4)20-14(19-12)9-7-8(11(18)17-16)5-6-10(9)15/h5-7H,16H2,1-4H3,(H,17,18). The average molecular weight is 280 g/mol. The van der Waals surface area contributed by atoms with Crippen LogP contribution >= 0.6 is 0 Å². The molecule has 3 N–H and O–H groups in total. The number of halogens is 1. The Labute approximate surface area is 117 Å². The Morgan fingerprint density at radius 1 is 1.25 bits per heavy atom. The SMILES string of the molecule is CC1(C)OB(c2cc(C(=O)NN)ccc2F)OC1(C)C. The Kier molecular flexibility index (Phi) is 3.62. The summed E-state index contributed by atoms with van der Waals surface area (Å²) in [5, 5.41) is 0. The second kappa shape index (κ2) is 4.84. The Morgan fingerprint density at radius 3 is 2.30 bits per heavy atom. The molecule has 108 valence electrons. The molecule has 2 rings (SSSR count). The van der Waals surface area contributed by atoms with Crippen LogP contribution in [0.5, 0.6) is 0 Å². The van der Waals surface area contributed by atoms with Crippen molar-refractivity contribution in [2.75, 3.05) is 0 Å². The first-order chi connectivity index (χ1) is 9.18. The van der Waals surface area contributed by atoms with Crippen molar-refractivity contribution in [2.24, 2.45) is 5.84 Å². The highest BCUT2D eigenvalue weighted by Crippen LogP contribution is 2.36. The molecule has 0 bridgehead atoms. The van der Waals surface area contributed by atoms with Crippen LogP contribution in [0.3, 0.4) is 0 Å². The van der Waals surface area contributed by atoms with E-state index in [-0.39, 0.29) is 11.0 Å². The predicted molar refractivity (Wildman–Crippen MR) is 73.8 cm³/mol. The fraction of sp³-hybridized carbons (Fsp3) is 0.462. The van der Waals surface area contributed by atoms with E-state index >= 15 is 0 Å². The van der Waals surface area contributed by atoms with E-state index in [2.05, 4.69) is 0 Å². The molecule has 5 nitrogen and oxygen atoms in total. The lowest BCUT2D eigenvalue weighted by Gasteiger charge is -2.32. The van der Waals surface area contributed by atoms with Crippen LogP contribution in [-0.4, -0.2) is 24.2 Å². The number of carbonyl (C=O) groups excluding carboxylic acids is 1. The normalized spacial score (nSPS) is 20.0. The first-order valence-electron chi connectivity index (χ1n) is 6.34. The van der Waals surface area contributed by atoms with Crippen molar-refractivity contribution in [1.82, 2.24) is 5.43 Å². The van der Waals surface area contributed by atoms with E-state index in [0.29, 0.717) is 0 Å². The number of rotatable bonds is 2. The van der Waals surface area contributed by atoms with Gasteiger partial charge >= 0.3 is 7.12 Å². The molecule has 1 fully saturated rings. The summed E-state index contributed by atoms with van der Waals surface area (Å²) in [7, 11) is -0.856. The van der Waals surface area contributed by atoms with Crippen LogP contribution in [-0.2, 0) is 9.31 Å². The average Bonchev–Trinajstić information content (AvgIpc) is 2.58. The van der Waals surface area contributed by atoms with Crippen molar-refractivity contribution in [1.29, 1.82) is 0 Å². The molecule has 7 heteroatoms. The summed E-state index contributed by atoms with van der Waals surface area (Å²) in [5.41, 5.74) is 1.30. The van der Waals surface area contributed by atoms with Gasteiger partial charge in [0.15, 0.2) is 0 Å². The molecule has 0 radical (unpaired) electrons. The molecule has 20 heavy (non-hydrogen) atoms. The molecule has 0 saturated carbocycles. The van der Waals surface area contributed by atoms with Gasteiger partial charge < -0.3 is 9.31 Å². The van der Waals surface area contributed by atoms with E-state index < -0.39 is 30.0 Å². The lowest BCUT2D eigenvalue weighted by atomic mass is 9.78. The summed E-state index contributed by atoms with van der Waals surface area (Å²) in [6.07, 6.45) is 0. The molecular weight excluding hydrogens is 262 g/mol. The van der Waals surface area contributed by atoms with Crippen LogP contribution < -0.4 is 16.7 Å². The van der Waals surface area contributed by atoms with Crippen LogP contribution in [0, 0.1) is 5.82 Å². The Hall–Kier alpha value is -1.44. The van der Waals surface area contributed by atoms with Crippen molar-refractivity contribution in [3.8, 4) is 0 Å². The molecular formula is C13H18BFN2O3. The van der Waals surface area contributed by atoms with E-state index in [4.69, 9.17) is 15.2 Å². The fourth-order valence-electron chi connectivity index (χ4n) is 1.92. The summed E-state index contributed by atoms with van der Waals surface area (Å²) in [6, 6.07) is 3.94. The Morgan fingerprint density at radius 2 is 1.80 bits per heavy atom. The predicted octanol–water partition coefficient (Wildman–Crippen LogP) is 0.728. The van der Waals surface area contributed by atoms with Crippen LogP contribution in [0.4, 0.5) is 4.39 Å². The topological polar surface area (TPSA) is 73.6 Å². The number of benzene rings is 1. The maximum atomic E-state index is 14.0. The molecule has 1 saturated heterocycles. The maximum absolute atomic E-state index is 14.0. The molecule has 0 aliphatic carbocycles. The number of hydrogen-bond acceptors (Lipinski definition) is 4. The smallest absolute Gasteiger partial charge is 0.399 e. The molecule has 1 aliphatic rings. The van der Waals surface area contributed by atoms with Crippen LogP contribution in [0.1, 0.15) is 38.1 Å². The van der Waals surface area contributed by atoms with Crippen molar-refractivity contribution >= 4 is 18.5 Å². The number of amides is 1. The van der Waals surface area contributed by atoms with Crippen molar-refractivity contribution in [3.05, 3.63) is 29.6 Å². The van der Waals surface area contributed by atoms with Gasteiger partial charge in [-0.25, -0.2) is 10.2 Å². The van der Waals surface area contributed by atoms with Gasteiger partial charge in [0.2, 0.25) is 0 Å². The number of carbonyl (C=O) groups is 1. The fourth-order valence-corrected chi connectivity index (χ4v) is 1.92. The molecule has 0 atom stereocenters. The number of hydrogen-bond donors (Lipinski definition) is 2. The summed E-state index contributed by atoms with van der Waals surface area (Å²) in [6.45, 7) is 7.51. The van der Waals surface area contributed by atoms with Gasteiger partial charge in [0.05, 0.1) is 11.2 Å². The third kappa shape index (κ3) is 2.44. The monoisotopic (exact) mass is 280 g/mol. The summed E-state index contributed by atoms with van der Waals surface area (Å²) < 4.78 is 25.5. The highest BCUT2D eigenvalue weighted by molar-refractivity contribution is 6.62. The summed E-state index contributed by atoms with van der Waals surface area (Å²) in [4.78, 5) is 11.5. The summed E-state index contributed by atoms with van der Waals surface area (Å²) in [5.74, 6) is 4.09. The zero-order valence-corrected chi connectivity index (χ0v) is 12.0. The number of hydrazine groups is 1. The molecule has 1 heterocycles. The second-order valence-corrected chi connectivity index (χ2v) is 5.80. The molecule has 0 aromatic heterocycles. The molecule has 0 unspecified atom stereocenters. The largest absolute Gasteiger partial charge is 0.497 e. The third-order valence-electron chi connectivity index (χ3n) is 3.90. The van der Waals surface area contributed by atoms with E-state index in [9.17, 15) is 9.18 Å². The van der Waals surface area contributed by atoms with Gasteiger partial charge in [-0.3, -0.25) is 10.2 Å². The van der Waals surface area contributed by atoms with E-state index in [1.165, 1.54) is 18.2 Å². The number of nitrogens with two attached hydrogens (primary N) is 1. The van der Waals surface area contributed by atoms with Crippen LogP contribution in [0.15, 0.2) is 18.2 Å². The molecule has 1 aromatic rings. The van der Waals surface area contributed by atoms with Crippen molar-refractivity contribution in [2.45, 2.75) is 38.9 Å². The maximum Gasteiger partial charge on any atom is 0.497 e. The van der Waals surface area contributed by atoms with Crippen molar-refractivity contribution in [3.63, 3.8) is 0 Å². The highest BCUT2D eigenvalue weighted by atomic mass is 19.1. The quantitative estimate of drug-likeness (QED) is 0.362. The molecule has 0 spiro atoms. The van der Waals surface area contributed by atoms with E-state index in [0.717, 1.165) is 0 Å². The van der Waals surface area contributed by atoms with Gasteiger partial charge in [-0.05, 0) is 45.9 Å². The third-order valence-corrected chi connectivity index (χ3v) is 3.90. The zero-order chi connectivity index (χ0) is 15.1. The molecule has 1 amide bonds. The van der Waals surface area contributed by atoms with Gasteiger partial charge in [-0.2, -0.15) is 0 Å². The molecule has 1 aliphatic heterocycles. The molecule has 1 aromatic carbocycles. The van der Waals surface area contributed by atoms with Gasteiger partial charge in [0.1, 0.15) is 5.82 Å². The van der Waals surface area contributed by atoms with E-state index in [1.807, 2.05) is 33.1 Å². The number of nitrogen functional groups attached to an aromatic ring is 1. The van der Waals surface area contributed by atoms with Crippen LogP contribution in [0.2, 0.25) is 0 Å². The van der Waals surface area contributed by atoms with Crippen molar-refractivity contribution < 1.29 is 18.5 Å². The van der Waals surface area contributed by atoms with Gasteiger partial charge in [0.25, 0.3) is 5.91 Å². The second-order valence-electron chi connectivity index (χ2n) is 5.80. The Balaban J connectivity index is 2.37. The van der Waals surface area contributed by atoms with Gasteiger partial charge in [-0.1, -0.05) is 0 Å². The van der Waals surface area contributed by atoms with Crippen LogP contribution in [0.25, 0.3) is 0 Å². The number of nitrogens with one attached hydrogen (secondary N) is 1. The zero-order valence-electron chi connectivity index (χ0n) is 12.0. The van der Waals surface area contributed by atoms with Gasteiger partial charge in [0, 0.05) is 11.0 Å².